The maximum Gasteiger partial charge on any atom is 0.191 e. The van der Waals surface area contributed by atoms with E-state index in [1.54, 1.807) is 18.4 Å². The van der Waals surface area contributed by atoms with Crippen LogP contribution >= 0.6 is 11.3 Å². The molecule has 2 N–H and O–H groups in total. The molecule has 1 aliphatic carbocycles. The molecule has 2 aliphatic rings. The first-order valence-electron chi connectivity index (χ1n) is 10.0. The zero-order chi connectivity index (χ0) is 19.4. The summed E-state index contributed by atoms with van der Waals surface area (Å²) < 4.78 is 5.44. The van der Waals surface area contributed by atoms with Crippen LogP contribution in [0.2, 0.25) is 0 Å². The van der Waals surface area contributed by atoms with Crippen molar-refractivity contribution >= 4 is 22.4 Å². The van der Waals surface area contributed by atoms with E-state index >= 15 is 0 Å². The first-order chi connectivity index (χ1) is 13.7. The van der Waals surface area contributed by atoms with Gasteiger partial charge in [-0.2, -0.15) is 0 Å². The van der Waals surface area contributed by atoms with Crippen molar-refractivity contribution in [2.45, 2.75) is 31.1 Å². The van der Waals surface area contributed by atoms with Crippen LogP contribution in [0.25, 0.3) is 0 Å². The molecule has 150 valence electrons. The number of aromatic nitrogens is 1. The number of guanidine groups is 1. The second kappa shape index (κ2) is 8.39. The van der Waals surface area contributed by atoms with Crippen molar-refractivity contribution < 1.29 is 4.74 Å². The van der Waals surface area contributed by atoms with Gasteiger partial charge in [0.1, 0.15) is 5.75 Å². The first-order valence-corrected chi connectivity index (χ1v) is 10.9. The molecule has 0 atom stereocenters. The zero-order valence-electron chi connectivity index (χ0n) is 16.5. The Hall–Kier alpha value is -2.28. The van der Waals surface area contributed by atoms with Gasteiger partial charge < -0.3 is 20.3 Å². The van der Waals surface area contributed by atoms with E-state index in [-0.39, 0.29) is 5.41 Å². The Morgan fingerprint density at radius 3 is 2.71 bits per heavy atom. The molecular formula is C21H29N5OS. The van der Waals surface area contributed by atoms with Crippen LogP contribution in [0, 0.1) is 0 Å². The molecule has 1 aromatic heterocycles. The number of thiazole rings is 1. The molecule has 0 radical (unpaired) electrons. The monoisotopic (exact) mass is 399 g/mol. The van der Waals surface area contributed by atoms with Gasteiger partial charge in [-0.15, -0.1) is 11.3 Å². The number of hydrogen-bond donors (Lipinski definition) is 1. The second-order valence-electron chi connectivity index (χ2n) is 7.68. The van der Waals surface area contributed by atoms with Crippen LogP contribution in [-0.4, -0.2) is 55.7 Å². The van der Waals surface area contributed by atoms with Gasteiger partial charge in [0.15, 0.2) is 11.1 Å². The molecule has 1 aliphatic heterocycles. The maximum atomic E-state index is 6.40. The number of benzene rings is 1. The average Bonchev–Trinajstić information content (AvgIpc) is 3.45. The fraction of sp³-hybridized carbons (Fsp3) is 0.524. The zero-order valence-corrected chi connectivity index (χ0v) is 17.3. The maximum absolute atomic E-state index is 6.40. The number of hydrogen-bond acceptors (Lipinski definition) is 5. The van der Waals surface area contributed by atoms with Gasteiger partial charge >= 0.3 is 0 Å². The van der Waals surface area contributed by atoms with Gasteiger partial charge in [0.05, 0.1) is 13.7 Å². The lowest BCUT2D eigenvalue weighted by Crippen LogP contribution is -2.51. The molecule has 1 saturated heterocycles. The van der Waals surface area contributed by atoms with Gasteiger partial charge in [-0.05, 0) is 30.5 Å². The lowest BCUT2D eigenvalue weighted by Gasteiger charge is -2.35. The average molecular weight is 400 g/mol. The Kier molecular flexibility index (Phi) is 5.71. The highest BCUT2D eigenvalue weighted by Gasteiger charge is 2.36. The van der Waals surface area contributed by atoms with Crippen LogP contribution in [0.3, 0.4) is 0 Å². The molecule has 1 saturated carbocycles. The summed E-state index contributed by atoms with van der Waals surface area (Å²) in [6, 6.07) is 8.47. The van der Waals surface area contributed by atoms with Crippen LogP contribution in [0.1, 0.15) is 31.2 Å². The molecule has 0 amide bonds. The summed E-state index contributed by atoms with van der Waals surface area (Å²) in [6.45, 7) is 4.40. The Bertz CT molecular complexity index is 793. The molecular weight excluding hydrogens is 370 g/mol. The van der Waals surface area contributed by atoms with Gasteiger partial charge in [0, 0.05) is 43.2 Å². The van der Waals surface area contributed by atoms with Gasteiger partial charge in [-0.3, -0.25) is 4.99 Å². The summed E-state index contributed by atoms with van der Waals surface area (Å²) >= 11 is 1.69. The second-order valence-corrected chi connectivity index (χ2v) is 8.56. The third kappa shape index (κ3) is 3.94. The van der Waals surface area contributed by atoms with E-state index in [1.165, 1.54) is 18.4 Å². The first kappa shape index (κ1) is 19.1. The highest BCUT2D eigenvalue weighted by atomic mass is 32.1. The van der Waals surface area contributed by atoms with Crippen molar-refractivity contribution in [2.75, 3.05) is 44.7 Å². The van der Waals surface area contributed by atoms with Crippen LogP contribution in [0.15, 0.2) is 40.8 Å². The van der Waals surface area contributed by atoms with E-state index in [0.29, 0.717) is 5.96 Å². The summed E-state index contributed by atoms with van der Waals surface area (Å²) in [6.07, 6.45) is 6.68. The Labute approximate surface area is 171 Å². The van der Waals surface area contributed by atoms with E-state index in [0.717, 1.165) is 56.4 Å². The number of aliphatic imine (C=N–C) groups is 1. The van der Waals surface area contributed by atoms with Crippen LogP contribution in [0.4, 0.5) is 5.13 Å². The number of nitrogens with zero attached hydrogens (tertiary/aromatic N) is 4. The highest BCUT2D eigenvalue weighted by molar-refractivity contribution is 7.13. The number of piperazine rings is 1. The summed E-state index contributed by atoms with van der Waals surface area (Å²) in [7, 11) is 1.72. The van der Waals surface area contributed by atoms with Gasteiger partial charge in [0.25, 0.3) is 0 Å². The van der Waals surface area contributed by atoms with Crippen molar-refractivity contribution in [3.63, 3.8) is 0 Å². The van der Waals surface area contributed by atoms with Gasteiger partial charge in [0.2, 0.25) is 0 Å². The normalized spacial score (nSPS) is 19.8. The third-order valence-corrected chi connectivity index (χ3v) is 6.91. The molecule has 7 heteroatoms. The van der Waals surface area contributed by atoms with E-state index in [4.69, 9.17) is 15.5 Å². The fourth-order valence-electron chi connectivity index (χ4n) is 4.37. The van der Waals surface area contributed by atoms with Crippen molar-refractivity contribution in [2.24, 2.45) is 10.7 Å². The molecule has 1 aromatic carbocycles. The van der Waals surface area contributed by atoms with Crippen LogP contribution in [-0.2, 0) is 5.41 Å². The SMILES string of the molecule is COc1cccc(C2(CN=C(N)N3CCN(c4nccs4)CC3)CCCC2)c1. The van der Waals surface area contributed by atoms with Crippen LogP contribution in [0.5, 0.6) is 5.75 Å². The molecule has 2 fully saturated rings. The molecule has 0 spiro atoms. The summed E-state index contributed by atoms with van der Waals surface area (Å²) in [5.74, 6) is 1.59. The minimum atomic E-state index is 0.0852. The quantitative estimate of drug-likeness (QED) is 0.618. The number of rotatable bonds is 5. The summed E-state index contributed by atoms with van der Waals surface area (Å²) in [5, 5.41) is 3.12. The number of anilines is 1. The Morgan fingerprint density at radius 1 is 1.25 bits per heavy atom. The summed E-state index contributed by atoms with van der Waals surface area (Å²) in [5.41, 5.74) is 7.82. The molecule has 2 heterocycles. The Morgan fingerprint density at radius 2 is 2.04 bits per heavy atom. The van der Waals surface area contributed by atoms with Crippen molar-refractivity contribution in [1.29, 1.82) is 0 Å². The molecule has 4 rings (SSSR count). The summed E-state index contributed by atoms with van der Waals surface area (Å²) in [4.78, 5) is 13.8. The van der Waals surface area contributed by atoms with E-state index < -0.39 is 0 Å². The largest absolute Gasteiger partial charge is 0.497 e. The topological polar surface area (TPSA) is 67.0 Å². The molecule has 2 aromatic rings. The predicted octanol–water partition coefficient (Wildman–Crippen LogP) is 3.10. The van der Waals surface area contributed by atoms with E-state index in [9.17, 15) is 0 Å². The lowest BCUT2D eigenvalue weighted by atomic mass is 9.79. The molecule has 28 heavy (non-hydrogen) atoms. The van der Waals surface area contributed by atoms with Crippen molar-refractivity contribution in [3.05, 3.63) is 41.4 Å². The van der Waals surface area contributed by atoms with E-state index in [1.807, 2.05) is 17.6 Å². The standard InChI is InChI=1S/C21H29N5OS/c1-27-18-6-4-5-17(15-18)21(7-2-3-8-21)16-24-19(22)25-10-12-26(13-11-25)20-23-9-14-28-20/h4-6,9,14-15H,2-3,7-8,10-13,16H2,1H3,(H2,22,24). The molecule has 0 bridgehead atoms. The lowest BCUT2D eigenvalue weighted by molar-refractivity contribution is 0.375. The van der Waals surface area contributed by atoms with Crippen LogP contribution < -0.4 is 15.4 Å². The molecule has 0 unspecified atom stereocenters. The van der Waals surface area contributed by atoms with Crippen molar-refractivity contribution in [1.82, 2.24) is 9.88 Å². The minimum absolute atomic E-state index is 0.0852. The Balaban J connectivity index is 1.42. The molecule has 6 nitrogen and oxygen atoms in total. The van der Waals surface area contributed by atoms with Gasteiger partial charge in [-0.1, -0.05) is 25.0 Å². The number of methoxy groups -OCH3 is 1. The van der Waals surface area contributed by atoms with E-state index in [2.05, 4.69) is 33.0 Å². The predicted molar refractivity (Wildman–Crippen MR) is 116 cm³/mol. The van der Waals surface area contributed by atoms with Crippen molar-refractivity contribution in [3.8, 4) is 5.75 Å². The highest BCUT2D eigenvalue weighted by Crippen LogP contribution is 2.42. The van der Waals surface area contributed by atoms with Gasteiger partial charge in [-0.25, -0.2) is 4.98 Å². The number of ether oxygens (including phenoxy) is 1. The minimum Gasteiger partial charge on any atom is -0.497 e. The third-order valence-electron chi connectivity index (χ3n) is 6.08. The number of nitrogens with two attached hydrogens (primary N) is 1. The fourth-order valence-corrected chi connectivity index (χ4v) is 5.07. The smallest absolute Gasteiger partial charge is 0.191 e.